The van der Waals surface area contributed by atoms with E-state index in [0.717, 1.165) is 32.5 Å². The minimum absolute atomic E-state index is 0.0607. The fourth-order valence-electron chi connectivity index (χ4n) is 4.81. The molecule has 1 atom stereocenters. The summed E-state index contributed by atoms with van der Waals surface area (Å²) in [5, 5.41) is 9.46. The molecule has 8 heteroatoms. The summed E-state index contributed by atoms with van der Waals surface area (Å²) < 4.78 is 23.1. The third kappa shape index (κ3) is 2.44. The van der Waals surface area contributed by atoms with Crippen molar-refractivity contribution in [1.82, 2.24) is 9.47 Å². The second-order valence-electron chi connectivity index (χ2n) is 7.94. The fraction of sp³-hybridized carbons (Fsp3) is 0.500. The molecule has 4 aliphatic rings. The van der Waals surface area contributed by atoms with Crippen molar-refractivity contribution in [3.05, 3.63) is 33.9 Å². The normalized spacial score (nSPS) is 26.2. The van der Waals surface area contributed by atoms with Gasteiger partial charge in [0.15, 0.2) is 11.6 Å². The smallest absolute Gasteiger partial charge is 0.341 e. The Morgan fingerprint density at radius 2 is 2.00 bits per heavy atom. The number of pyridine rings is 1. The zero-order valence-electron chi connectivity index (χ0n) is 15.7. The summed E-state index contributed by atoms with van der Waals surface area (Å²) in [6.07, 6.45) is 3.31. The van der Waals surface area contributed by atoms with Crippen LogP contribution in [-0.4, -0.2) is 59.4 Å². The van der Waals surface area contributed by atoms with Crippen LogP contribution in [-0.2, 0) is 0 Å². The van der Waals surface area contributed by atoms with Gasteiger partial charge in [-0.2, -0.15) is 0 Å². The predicted molar refractivity (Wildman–Crippen MR) is 102 cm³/mol. The first-order valence-electron chi connectivity index (χ1n) is 9.72. The van der Waals surface area contributed by atoms with Crippen molar-refractivity contribution in [2.24, 2.45) is 0 Å². The maximum atomic E-state index is 15.3. The van der Waals surface area contributed by atoms with Gasteiger partial charge in [-0.25, -0.2) is 9.18 Å². The minimum Gasteiger partial charge on any atom is -0.487 e. The van der Waals surface area contributed by atoms with Crippen molar-refractivity contribution in [2.75, 3.05) is 37.7 Å². The van der Waals surface area contributed by atoms with Gasteiger partial charge in [-0.3, -0.25) is 4.79 Å². The number of carbonyl (C=O) groups is 1. The molecule has 0 radical (unpaired) electrons. The van der Waals surface area contributed by atoms with Crippen LogP contribution in [0.1, 0.15) is 36.2 Å². The molecule has 3 fully saturated rings. The molecule has 6 rings (SSSR count). The Balaban J connectivity index is 1.79. The van der Waals surface area contributed by atoms with Gasteiger partial charge in [0.25, 0.3) is 0 Å². The van der Waals surface area contributed by atoms with Gasteiger partial charge in [0.2, 0.25) is 5.43 Å². The first-order valence-corrected chi connectivity index (χ1v) is 9.72. The molecule has 7 nitrogen and oxygen atoms in total. The first kappa shape index (κ1) is 17.5. The number of fused-ring (bicyclic) bond motifs is 4. The Bertz CT molecular complexity index is 1040. The van der Waals surface area contributed by atoms with Gasteiger partial charge >= 0.3 is 5.97 Å². The van der Waals surface area contributed by atoms with Crippen LogP contribution in [0.5, 0.6) is 5.75 Å². The van der Waals surface area contributed by atoms with Gasteiger partial charge < -0.3 is 24.2 Å². The Kier molecular flexibility index (Phi) is 3.87. The maximum absolute atomic E-state index is 15.3. The lowest BCUT2D eigenvalue weighted by atomic mass is 10.0. The highest BCUT2D eigenvalue weighted by atomic mass is 19.1. The molecule has 148 valence electrons. The second kappa shape index (κ2) is 6.20. The van der Waals surface area contributed by atoms with Crippen LogP contribution < -0.4 is 15.1 Å². The predicted octanol–water partition coefficient (Wildman–Crippen LogP) is 2.08. The zero-order chi connectivity index (χ0) is 19.6. The van der Waals surface area contributed by atoms with Gasteiger partial charge in [0.1, 0.15) is 17.9 Å². The molecule has 2 bridgehead atoms. The van der Waals surface area contributed by atoms with E-state index >= 15 is 4.39 Å². The van der Waals surface area contributed by atoms with E-state index in [9.17, 15) is 14.7 Å². The number of carboxylic acid groups (broad SMARTS) is 1. The molecule has 0 spiro atoms. The van der Waals surface area contributed by atoms with Gasteiger partial charge in [-0.15, -0.1) is 0 Å². The fourth-order valence-corrected chi connectivity index (χ4v) is 4.81. The Morgan fingerprint density at radius 1 is 1.25 bits per heavy atom. The molecule has 1 aromatic heterocycles. The summed E-state index contributed by atoms with van der Waals surface area (Å²) in [6, 6.07) is 1.28. The molecule has 1 aromatic carbocycles. The van der Waals surface area contributed by atoms with Crippen molar-refractivity contribution in [3.8, 4) is 5.75 Å². The lowest BCUT2D eigenvalue weighted by Crippen LogP contribution is -2.39. The third-order valence-electron chi connectivity index (χ3n) is 6.31. The van der Waals surface area contributed by atoms with Crippen LogP contribution in [0.15, 0.2) is 17.1 Å². The molecule has 5 heterocycles. The number of rotatable bonds is 2. The Labute approximate surface area is 160 Å². The highest BCUT2D eigenvalue weighted by molar-refractivity contribution is 5.97. The molecule has 0 aliphatic carbocycles. The van der Waals surface area contributed by atoms with E-state index in [2.05, 4.69) is 9.80 Å². The summed E-state index contributed by atoms with van der Waals surface area (Å²) >= 11 is 0. The number of nitrogens with zero attached hydrogens (tertiary/aromatic N) is 3. The highest BCUT2D eigenvalue weighted by Gasteiger charge is 2.35. The maximum Gasteiger partial charge on any atom is 0.341 e. The quantitative estimate of drug-likeness (QED) is 0.851. The number of aromatic nitrogens is 1. The first-order chi connectivity index (χ1) is 13.5. The van der Waals surface area contributed by atoms with Crippen LogP contribution in [0.25, 0.3) is 10.9 Å². The number of benzene rings is 1. The van der Waals surface area contributed by atoms with Crippen LogP contribution in [0.3, 0.4) is 0 Å². The third-order valence-corrected chi connectivity index (χ3v) is 6.31. The molecule has 0 saturated carbocycles. The molecule has 1 unspecified atom stereocenters. The van der Waals surface area contributed by atoms with E-state index in [1.54, 1.807) is 4.57 Å². The summed E-state index contributed by atoms with van der Waals surface area (Å²) in [6.45, 7) is 5.78. The monoisotopic (exact) mass is 387 g/mol. The minimum atomic E-state index is -1.31. The van der Waals surface area contributed by atoms with Crippen LogP contribution >= 0.6 is 0 Å². The van der Waals surface area contributed by atoms with Crippen molar-refractivity contribution >= 4 is 22.6 Å². The number of carboxylic acids is 1. The van der Waals surface area contributed by atoms with Crippen molar-refractivity contribution in [2.45, 2.75) is 31.8 Å². The largest absolute Gasteiger partial charge is 0.487 e. The van der Waals surface area contributed by atoms with Crippen molar-refractivity contribution in [3.63, 3.8) is 0 Å². The molecule has 0 amide bonds. The molecular weight excluding hydrogens is 365 g/mol. The SMILES string of the molecule is CC1COc2c(N3CCN4CCC3CC4)c(F)cc3c(=O)c(C(=O)O)cn1c23. The molecular formula is C20H22FN3O4. The number of ether oxygens (including phenoxy) is 1. The summed E-state index contributed by atoms with van der Waals surface area (Å²) in [5.74, 6) is -1.47. The van der Waals surface area contributed by atoms with Crippen molar-refractivity contribution < 1.29 is 19.0 Å². The number of halogens is 1. The van der Waals surface area contributed by atoms with Crippen LogP contribution in [0.4, 0.5) is 10.1 Å². The average molecular weight is 387 g/mol. The number of hydrogen-bond acceptors (Lipinski definition) is 5. The van der Waals surface area contributed by atoms with Gasteiger partial charge in [0, 0.05) is 38.4 Å². The highest BCUT2D eigenvalue weighted by Crippen LogP contribution is 2.43. The number of anilines is 1. The standard InChI is InChI=1S/C20H22FN3O4/c1-11-10-28-19-16-13(18(25)14(20(26)27)9-24(11)16)8-15(21)17(19)23-7-6-22-4-2-12(23)3-5-22/h8-9,11-12H,2-7,10H2,1H3,(H,26,27). The Hall–Kier alpha value is -2.61. The van der Waals surface area contributed by atoms with Crippen molar-refractivity contribution in [1.29, 1.82) is 0 Å². The molecule has 4 aliphatic heterocycles. The molecule has 2 aromatic rings. The van der Waals surface area contributed by atoms with E-state index < -0.39 is 17.2 Å². The Morgan fingerprint density at radius 3 is 2.71 bits per heavy atom. The molecule has 1 N–H and O–H groups in total. The zero-order valence-corrected chi connectivity index (χ0v) is 15.7. The number of aromatic carboxylic acids is 1. The van der Waals surface area contributed by atoms with Crippen LogP contribution in [0, 0.1) is 5.82 Å². The van der Waals surface area contributed by atoms with Gasteiger partial charge in [-0.1, -0.05) is 0 Å². The van der Waals surface area contributed by atoms with E-state index in [1.807, 2.05) is 6.92 Å². The average Bonchev–Trinajstić information content (AvgIpc) is 2.99. The van der Waals surface area contributed by atoms with Gasteiger partial charge in [-0.05, 0) is 25.8 Å². The second-order valence-corrected chi connectivity index (χ2v) is 7.94. The van der Waals surface area contributed by atoms with E-state index in [1.165, 1.54) is 12.3 Å². The van der Waals surface area contributed by atoms with E-state index in [-0.39, 0.29) is 23.0 Å². The molecule has 28 heavy (non-hydrogen) atoms. The lowest BCUT2D eigenvalue weighted by Gasteiger charge is -2.36. The van der Waals surface area contributed by atoms with E-state index in [0.29, 0.717) is 30.1 Å². The van der Waals surface area contributed by atoms with E-state index in [4.69, 9.17) is 4.74 Å². The van der Waals surface area contributed by atoms with Gasteiger partial charge in [0.05, 0.1) is 16.9 Å². The lowest BCUT2D eigenvalue weighted by molar-refractivity contribution is 0.0694. The summed E-state index contributed by atoms with van der Waals surface area (Å²) in [7, 11) is 0. The summed E-state index contributed by atoms with van der Waals surface area (Å²) in [4.78, 5) is 28.7. The summed E-state index contributed by atoms with van der Waals surface area (Å²) in [5.41, 5.74) is -0.125. The molecule has 3 saturated heterocycles. The number of hydrogen-bond donors (Lipinski definition) is 1. The topological polar surface area (TPSA) is 75.0 Å². The van der Waals surface area contributed by atoms with Crippen LogP contribution in [0.2, 0.25) is 0 Å². The number of piperidine rings is 1.